The molecule has 0 aliphatic carbocycles. The minimum absolute atomic E-state index is 0. The number of pyridine rings is 3. The maximum absolute atomic E-state index is 13.4. The molecule has 6 aromatic heterocycles. The minimum atomic E-state index is -0.638. The van der Waals surface area contributed by atoms with Crippen molar-refractivity contribution in [2.45, 2.75) is 176 Å². The first-order valence-electron chi connectivity index (χ1n) is 44.0. The number of alkyl halides is 1. The minimum Gasteiger partial charge on any atom is -0.508 e. The fraction of sp³-hybridized carbons (Fsp3) is 0.473. The number of likely N-dealkylation sites (tertiary alicyclic amines) is 3. The Morgan fingerprint density at radius 3 is 1.13 bits per heavy atom. The lowest BCUT2D eigenvalue weighted by molar-refractivity contribution is -0.126. The van der Waals surface area contributed by atoms with Gasteiger partial charge in [0.05, 0.1) is 99.0 Å². The highest BCUT2D eigenvalue weighted by molar-refractivity contribution is 14.1. The third kappa shape index (κ3) is 29.6. The van der Waals surface area contributed by atoms with Crippen LogP contribution >= 0.6 is 57.4 Å². The van der Waals surface area contributed by atoms with Crippen LogP contribution in [0.3, 0.4) is 0 Å². The van der Waals surface area contributed by atoms with E-state index in [1.54, 1.807) is 104 Å². The van der Waals surface area contributed by atoms with Crippen molar-refractivity contribution >= 4 is 163 Å². The second-order valence-corrected chi connectivity index (χ2v) is 34.7. The summed E-state index contributed by atoms with van der Waals surface area (Å²) in [6.45, 7) is 31.9. The molecule has 0 unspecified atom stereocenters. The average molecular weight is 2000 g/mol. The van der Waals surface area contributed by atoms with E-state index in [4.69, 9.17) is 84.1 Å². The number of imidazole rings is 3. The van der Waals surface area contributed by atoms with Gasteiger partial charge >= 0.3 is 24.4 Å². The van der Waals surface area contributed by atoms with Crippen LogP contribution in [-0.2, 0) is 38.0 Å². The summed E-state index contributed by atoms with van der Waals surface area (Å²) >= 11 is 22.2. The SMILES string of the molecule is C.C1CCOCC1.C=CC(=O)N1CCCC[C@@H](n2c(NC(=O)c3ccnc(C)c3)nc3cc(OC(=O)N4CCOCC4)cc(Cl)c32)C1.C=COC=O.Cc1cc(C(=O)Nc2nc3cc(O)cc(Cl)c3n2[C@@H]2CCCCN(C(=O)OC(C)(C)C)C2)ccn1.Cc1cc(C(=O)Nc2nc3cc(OC(=O)N4CCOCC4)cc(Cl)c3n2[C@@H]2CCCCN(C(=O)OC(C)(C)C)C2)ccn1.[2H]CI. The molecule has 3 atom stereocenters. The van der Waals surface area contributed by atoms with Gasteiger partial charge in [-0.25, -0.2) is 34.1 Å². The molecule has 6 saturated heterocycles. The first kappa shape index (κ1) is 103. The molecule has 132 heavy (non-hydrogen) atoms. The molecule has 0 bridgehead atoms. The van der Waals surface area contributed by atoms with Crippen LogP contribution in [0, 0.1) is 20.8 Å². The number of halogens is 4. The van der Waals surface area contributed by atoms with Gasteiger partial charge in [-0.2, -0.15) is 0 Å². The van der Waals surface area contributed by atoms with Crippen LogP contribution in [0.4, 0.5) is 37.0 Å². The van der Waals surface area contributed by atoms with E-state index in [1.165, 1.54) is 37.5 Å². The summed E-state index contributed by atoms with van der Waals surface area (Å²) in [5.41, 5.74) is 5.24. The molecule has 6 aliphatic heterocycles. The van der Waals surface area contributed by atoms with Gasteiger partial charge in [-0.05, 0) is 187 Å². The Labute approximate surface area is 798 Å². The van der Waals surface area contributed by atoms with Crippen LogP contribution in [0.25, 0.3) is 33.1 Å². The van der Waals surface area contributed by atoms with E-state index in [9.17, 15) is 43.5 Å². The third-order valence-corrected chi connectivity index (χ3v) is 22.2. The zero-order valence-corrected chi connectivity index (χ0v) is 79.6. The van der Waals surface area contributed by atoms with Gasteiger partial charge in [0.1, 0.15) is 28.5 Å². The van der Waals surface area contributed by atoms with Crippen LogP contribution in [0.5, 0.6) is 17.2 Å². The zero-order chi connectivity index (χ0) is 95.3. The summed E-state index contributed by atoms with van der Waals surface area (Å²) in [6.07, 6.45) is 16.5. The maximum atomic E-state index is 13.4. The van der Waals surface area contributed by atoms with Crippen molar-refractivity contribution in [3.05, 3.63) is 166 Å². The first-order chi connectivity index (χ1) is 63.2. The van der Waals surface area contributed by atoms with Gasteiger partial charge in [0.2, 0.25) is 23.8 Å². The molecular weight excluding hydrogens is 1880 g/mol. The molecule has 39 heteroatoms. The summed E-state index contributed by atoms with van der Waals surface area (Å²) in [4.78, 5) is 148. The highest BCUT2D eigenvalue weighted by Crippen LogP contribution is 2.41. The maximum Gasteiger partial charge on any atom is 0.415 e. The van der Waals surface area contributed by atoms with E-state index >= 15 is 0 Å². The molecule has 9 aromatic rings. The highest BCUT2D eigenvalue weighted by atomic mass is 127. The number of amides is 8. The summed E-state index contributed by atoms with van der Waals surface area (Å²) in [7, 11) is 0. The number of carbonyl (C=O) groups is 9. The van der Waals surface area contributed by atoms with Gasteiger partial charge in [0.15, 0.2) is 0 Å². The van der Waals surface area contributed by atoms with Crippen LogP contribution in [0.1, 0.15) is 194 Å². The average Bonchev–Trinajstić information content (AvgIpc) is 1.64. The number of rotatable bonds is 14. The summed E-state index contributed by atoms with van der Waals surface area (Å²) < 4.78 is 54.0. The Bertz CT molecular complexity index is 5520. The first-order valence-corrected chi connectivity index (χ1v) is 46.0. The number of carbonyl (C=O) groups excluding carboxylic acids is 9. The molecule has 4 N–H and O–H groups in total. The molecule has 8 amide bonds. The Hall–Kier alpha value is -11.3. The quantitative estimate of drug-likeness (QED) is 0.0196. The second kappa shape index (κ2) is 50.0. The number of hydrogen-bond donors (Lipinski definition) is 4. The van der Waals surface area contributed by atoms with Crippen molar-refractivity contribution < 1.29 is 87.5 Å². The van der Waals surface area contributed by atoms with Crippen molar-refractivity contribution in [2.24, 2.45) is 0 Å². The molecule has 35 nitrogen and oxygen atoms in total. The van der Waals surface area contributed by atoms with E-state index in [1.807, 2.05) is 98.6 Å². The molecule has 6 aliphatic rings. The Kier molecular flexibility index (Phi) is 38.9. The lowest BCUT2D eigenvalue weighted by atomic mass is 10.1. The number of nitrogens with zero attached hydrogens (tertiary/aromatic N) is 14. The molecule has 6 fully saturated rings. The van der Waals surface area contributed by atoms with Gasteiger partial charge in [0.25, 0.3) is 24.2 Å². The second-order valence-electron chi connectivity index (χ2n) is 33.5. The molecule has 0 spiro atoms. The lowest BCUT2D eigenvalue weighted by Crippen LogP contribution is -2.42. The van der Waals surface area contributed by atoms with Crippen molar-refractivity contribution in [3.63, 3.8) is 0 Å². The number of anilines is 3. The molecule has 0 radical (unpaired) electrons. The largest absolute Gasteiger partial charge is 0.508 e. The van der Waals surface area contributed by atoms with Crippen LogP contribution < -0.4 is 25.4 Å². The molecule has 0 saturated carbocycles. The number of aromatic nitrogens is 9. The molecule has 12 heterocycles. The predicted molar refractivity (Wildman–Crippen MR) is 513 cm³/mol. The number of morpholine rings is 2. The predicted octanol–water partition coefficient (Wildman–Crippen LogP) is 18.1. The number of aryl methyl sites for hydroxylation is 3. The van der Waals surface area contributed by atoms with Gasteiger partial charge in [-0.3, -0.25) is 54.9 Å². The Morgan fingerprint density at radius 1 is 0.477 bits per heavy atom. The van der Waals surface area contributed by atoms with E-state index in [2.05, 4.69) is 53.8 Å². The van der Waals surface area contributed by atoms with Crippen LogP contribution in [0.15, 0.2) is 117 Å². The number of phenols is 1. The van der Waals surface area contributed by atoms with E-state index < -0.39 is 29.5 Å². The summed E-state index contributed by atoms with van der Waals surface area (Å²) in [6, 6.07) is 18.6. The lowest BCUT2D eigenvalue weighted by Gasteiger charge is -2.29. The monoisotopic (exact) mass is 1990 g/mol. The van der Waals surface area contributed by atoms with Crippen LogP contribution in [0.2, 0.25) is 15.1 Å². The van der Waals surface area contributed by atoms with E-state index in [0.29, 0.717) is 192 Å². The molecule has 3 aromatic carbocycles. The van der Waals surface area contributed by atoms with E-state index in [0.717, 1.165) is 76.5 Å². The number of aromatic hydroxyl groups is 1. The van der Waals surface area contributed by atoms with Gasteiger partial charge in [0, 0.05) is 169 Å². The number of ether oxygens (including phenoxy) is 8. The summed E-state index contributed by atoms with van der Waals surface area (Å²) in [5.74, 6) is 0.0781. The van der Waals surface area contributed by atoms with Gasteiger partial charge in [-0.1, -0.05) is 78.0 Å². The number of nitrogens with one attached hydrogen (secondary N) is 3. The van der Waals surface area contributed by atoms with Crippen LogP contribution in [-0.4, -0.2) is 249 Å². The van der Waals surface area contributed by atoms with E-state index in [-0.39, 0.29) is 84.4 Å². The van der Waals surface area contributed by atoms with Gasteiger partial charge < -0.3 is 81.2 Å². The fourth-order valence-electron chi connectivity index (χ4n) is 15.4. The summed E-state index contributed by atoms with van der Waals surface area (Å²) in [5, 5.41) is 19.8. The third-order valence-electron chi connectivity index (χ3n) is 21.3. The number of benzene rings is 3. The smallest absolute Gasteiger partial charge is 0.415 e. The fourth-order valence-corrected chi connectivity index (χ4v) is 16.3. The highest BCUT2D eigenvalue weighted by Gasteiger charge is 2.36. The number of phenolic OH excluding ortho intramolecular Hbond substituents is 1. The number of hydrogen-bond acceptors (Lipinski definition) is 24. The van der Waals surface area contributed by atoms with Crippen molar-refractivity contribution in [1.29, 1.82) is 0 Å². The number of fused-ring (bicyclic) bond motifs is 3. The van der Waals surface area contributed by atoms with Crippen molar-refractivity contribution in [3.8, 4) is 17.2 Å². The zero-order valence-electron chi connectivity index (χ0n) is 76.2. The Morgan fingerprint density at radius 2 is 0.818 bits per heavy atom. The standard InChI is InChI=1S/C30H37ClN6O6.C28H31ClN6O5.C25H30ClN5O4.C5H10O.C3H4O2.CH3I.CH4/c1-19-15-20(8-9-32-19)26(38)34-27-33-24-17-22(42-28(39)35-11-13-41-14-12-35)16-23(31)25(24)37(27)21-7-5-6-10-36(18-21)29(40)43-30(2,3)4;1-3-24(36)34-9-5-4-6-20(17-34)35-25-22(29)15-21(40-28(38)33-10-12-39-13-11-33)16-23(25)31-27(35)32-26(37)19-7-8-30-18(2)14-19;1-15-11-16(8-9-27-15)22(33)29-23-28-20-13-18(32)12-19(26)21(20)31(23)17-7-5-6-10-30(14-17)24(34)35-25(2,3)4;1-2-4-6-5-3-1;1-2-5-3-4;1-2;/h8-9,15-17,21H,5-7,10-14,18H2,1-4H3,(H,33,34,38);3,7-8,14-16,20H,1,4-6,9-13,17H2,2H3,(H,31,32,37);8-9,11-13,17,32H,5-7,10,14H2,1-4H3,(H,28,29,33);1-5H2;2-3H,1H2;1H3;1H4/t21-;20-;17-;;;;/m111..../s1/i;;;;;1D;. The topological polar surface area (TPSA) is 392 Å². The van der Waals surface area contributed by atoms with Gasteiger partial charge in [-0.15, -0.1) is 0 Å². The molecule has 712 valence electrons. The Balaban J connectivity index is 0.000000208. The van der Waals surface area contributed by atoms with Crippen molar-refractivity contribution in [1.82, 2.24) is 68.1 Å². The normalized spacial score (nSPS) is 17.1. The van der Waals surface area contributed by atoms with Crippen molar-refractivity contribution in [2.75, 3.05) is 126 Å². The molecular formula is C93H119Cl3IN17O18. The molecule has 15 rings (SSSR count).